The van der Waals surface area contributed by atoms with Crippen LogP contribution < -0.4 is 5.32 Å². The molecular weight excluding hydrogens is 292 g/mol. The standard InChI is InChI=1S/C18H28N2OS/c1-18(2)6-3-10-20(11-7-18)17(21)15-12-16(22-13-15)14-4-8-19-9-5-14/h12-14,19H,3-11H2,1-2H3. The molecule has 2 saturated heterocycles. The molecule has 2 aliphatic rings. The van der Waals surface area contributed by atoms with Gasteiger partial charge >= 0.3 is 0 Å². The van der Waals surface area contributed by atoms with Gasteiger partial charge in [-0.25, -0.2) is 0 Å². The van der Waals surface area contributed by atoms with E-state index in [2.05, 4.69) is 35.5 Å². The van der Waals surface area contributed by atoms with Gasteiger partial charge in [-0.1, -0.05) is 13.8 Å². The molecule has 0 saturated carbocycles. The lowest BCUT2D eigenvalue weighted by Gasteiger charge is -2.23. The van der Waals surface area contributed by atoms with Gasteiger partial charge < -0.3 is 10.2 Å². The lowest BCUT2D eigenvalue weighted by atomic mass is 9.85. The third-order valence-electron chi connectivity index (χ3n) is 5.24. The van der Waals surface area contributed by atoms with Gasteiger partial charge in [-0.3, -0.25) is 4.79 Å². The third-order valence-corrected chi connectivity index (χ3v) is 6.33. The fourth-order valence-corrected chi connectivity index (χ4v) is 4.65. The summed E-state index contributed by atoms with van der Waals surface area (Å²) in [6.07, 6.45) is 5.87. The monoisotopic (exact) mass is 320 g/mol. The molecule has 2 aliphatic heterocycles. The Labute approximate surface area is 138 Å². The van der Waals surface area contributed by atoms with Gasteiger partial charge in [-0.15, -0.1) is 11.3 Å². The minimum Gasteiger partial charge on any atom is -0.339 e. The van der Waals surface area contributed by atoms with Crippen LogP contribution in [0.4, 0.5) is 0 Å². The summed E-state index contributed by atoms with van der Waals surface area (Å²) in [5.74, 6) is 0.894. The maximum absolute atomic E-state index is 12.8. The van der Waals surface area contributed by atoms with Gasteiger partial charge in [-0.2, -0.15) is 0 Å². The van der Waals surface area contributed by atoms with Crippen LogP contribution in [0.15, 0.2) is 11.4 Å². The number of thiophene rings is 1. The van der Waals surface area contributed by atoms with Crippen molar-refractivity contribution >= 4 is 17.2 Å². The van der Waals surface area contributed by atoms with E-state index in [0.29, 0.717) is 11.3 Å². The van der Waals surface area contributed by atoms with Crippen LogP contribution >= 0.6 is 11.3 Å². The highest BCUT2D eigenvalue weighted by Crippen LogP contribution is 2.33. The van der Waals surface area contributed by atoms with Crippen molar-refractivity contribution in [2.45, 2.75) is 51.9 Å². The molecule has 2 fully saturated rings. The second kappa shape index (κ2) is 6.71. The molecule has 1 aromatic heterocycles. The first-order valence-corrected chi connectivity index (χ1v) is 9.52. The number of carbonyl (C=O) groups excluding carboxylic acids is 1. The van der Waals surface area contributed by atoms with Gasteiger partial charge in [0.2, 0.25) is 0 Å². The Morgan fingerprint density at radius 3 is 2.82 bits per heavy atom. The van der Waals surface area contributed by atoms with Crippen molar-refractivity contribution in [2.24, 2.45) is 5.41 Å². The molecule has 3 rings (SSSR count). The SMILES string of the molecule is CC1(C)CCCN(C(=O)c2csc(C3CCNCC3)c2)CC1. The van der Waals surface area contributed by atoms with E-state index in [1.54, 1.807) is 11.3 Å². The lowest BCUT2D eigenvalue weighted by molar-refractivity contribution is 0.0758. The Kier molecular flexibility index (Phi) is 4.88. The first-order chi connectivity index (χ1) is 10.6. The van der Waals surface area contributed by atoms with Gasteiger partial charge in [0.15, 0.2) is 0 Å². The number of hydrogen-bond acceptors (Lipinski definition) is 3. The number of nitrogens with one attached hydrogen (secondary N) is 1. The molecule has 0 aromatic carbocycles. The summed E-state index contributed by atoms with van der Waals surface area (Å²) in [7, 11) is 0. The van der Waals surface area contributed by atoms with Gasteiger partial charge in [0, 0.05) is 23.3 Å². The third kappa shape index (κ3) is 3.72. The van der Waals surface area contributed by atoms with E-state index in [1.807, 2.05) is 0 Å². The smallest absolute Gasteiger partial charge is 0.254 e. The molecule has 4 heteroatoms. The second-order valence-electron chi connectivity index (χ2n) is 7.57. The first kappa shape index (κ1) is 16.0. The normalized spacial score (nSPS) is 23.3. The number of likely N-dealkylation sites (tertiary alicyclic amines) is 1. The molecule has 0 spiro atoms. The summed E-state index contributed by atoms with van der Waals surface area (Å²) < 4.78 is 0. The zero-order valence-electron chi connectivity index (χ0n) is 13.9. The molecular formula is C18H28N2OS. The Hall–Kier alpha value is -0.870. The van der Waals surface area contributed by atoms with Crippen LogP contribution in [0.3, 0.4) is 0 Å². The topological polar surface area (TPSA) is 32.3 Å². The number of nitrogens with zero attached hydrogens (tertiary/aromatic N) is 1. The highest BCUT2D eigenvalue weighted by molar-refractivity contribution is 7.10. The second-order valence-corrected chi connectivity index (χ2v) is 8.51. The molecule has 22 heavy (non-hydrogen) atoms. The number of amides is 1. The minimum atomic E-state index is 0.245. The summed E-state index contributed by atoms with van der Waals surface area (Å²) in [4.78, 5) is 16.3. The van der Waals surface area contributed by atoms with Gasteiger partial charge in [0.1, 0.15) is 0 Å². The van der Waals surface area contributed by atoms with Crippen LogP contribution in [-0.4, -0.2) is 37.0 Å². The molecule has 0 unspecified atom stereocenters. The van der Waals surface area contributed by atoms with Crippen molar-refractivity contribution < 1.29 is 4.79 Å². The summed E-state index contributed by atoms with van der Waals surface area (Å²) >= 11 is 1.78. The molecule has 1 amide bonds. The zero-order chi connectivity index (χ0) is 15.6. The Morgan fingerprint density at radius 1 is 1.27 bits per heavy atom. The van der Waals surface area contributed by atoms with Crippen LogP contribution in [0.1, 0.15) is 67.1 Å². The van der Waals surface area contributed by atoms with Crippen molar-refractivity contribution in [2.75, 3.05) is 26.2 Å². The van der Waals surface area contributed by atoms with Gasteiger partial charge in [0.05, 0.1) is 5.56 Å². The summed E-state index contributed by atoms with van der Waals surface area (Å²) in [6.45, 7) is 8.67. The van der Waals surface area contributed by atoms with Crippen LogP contribution in [0.5, 0.6) is 0 Å². The van der Waals surface area contributed by atoms with Crippen LogP contribution in [0.25, 0.3) is 0 Å². The predicted octanol–water partition coefficient (Wildman–Crippen LogP) is 3.87. The molecule has 0 radical (unpaired) electrons. The van der Waals surface area contributed by atoms with E-state index in [9.17, 15) is 4.79 Å². The van der Waals surface area contributed by atoms with Gasteiger partial charge in [0.25, 0.3) is 5.91 Å². The van der Waals surface area contributed by atoms with E-state index in [0.717, 1.165) is 44.6 Å². The molecule has 0 atom stereocenters. The van der Waals surface area contributed by atoms with E-state index in [1.165, 1.54) is 24.1 Å². The number of rotatable bonds is 2. The van der Waals surface area contributed by atoms with Crippen molar-refractivity contribution in [1.29, 1.82) is 0 Å². The summed E-state index contributed by atoms with van der Waals surface area (Å²) in [5.41, 5.74) is 1.29. The first-order valence-electron chi connectivity index (χ1n) is 8.64. The van der Waals surface area contributed by atoms with Crippen molar-refractivity contribution in [3.63, 3.8) is 0 Å². The fourth-order valence-electron chi connectivity index (χ4n) is 3.59. The number of hydrogen-bond donors (Lipinski definition) is 1. The van der Waals surface area contributed by atoms with Crippen LogP contribution in [0.2, 0.25) is 0 Å². The Morgan fingerprint density at radius 2 is 2.05 bits per heavy atom. The Balaban J connectivity index is 1.66. The van der Waals surface area contributed by atoms with Crippen molar-refractivity contribution in [3.05, 3.63) is 21.9 Å². The quantitative estimate of drug-likeness (QED) is 0.897. The number of carbonyl (C=O) groups is 1. The molecule has 1 N–H and O–H groups in total. The summed E-state index contributed by atoms with van der Waals surface area (Å²) in [5, 5.41) is 5.49. The largest absolute Gasteiger partial charge is 0.339 e. The molecule has 3 heterocycles. The van der Waals surface area contributed by atoms with Gasteiger partial charge in [-0.05, 0) is 62.6 Å². The fraction of sp³-hybridized carbons (Fsp3) is 0.722. The molecule has 122 valence electrons. The maximum atomic E-state index is 12.8. The van der Waals surface area contributed by atoms with Crippen LogP contribution in [0, 0.1) is 5.41 Å². The maximum Gasteiger partial charge on any atom is 0.254 e. The average molecular weight is 321 g/mol. The average Bonchev–Trinajstić information content (AvgIpc) is 2.93. The van der Waals surface area contributed by atoms with E-state index in [-0.39, 0.29) is 5.91 Å². The highest BCUT2D eigenvalue weighted by Gasteiger charge is 2.27. The number of piperidine rings is 1. The van der Waals surface area contributed by atoms with Crippen molar-refractivity contribution in [1.82, 2.24) is 10.2 Å². The van der Waals surface area contributed by atoms with Crippen LogP contribution in [-0.2, 0) is 0 Å². The molecule has 0 aliphatic carbocycles. The molecule has 0 bridgehead atoms. The van der Waals surface area contributed by atoms with E-state index in [4.69, 9.17) is 0 Å². The van der Waals surface area contributed by atoms with Crippen molar-refractivity contribution in [3.8, 4) is 0 Å². The zero-order valence-corrected chi connectivity index (χ0v) is 14.7. The highest BCUT2D eigenvalue weighted by atomic mass is 32.1. The molecule has 3 nitrogen and oxygen atoms in total. The van der Waals surface area contributed by atoms with E-state index >= 15 is 0 Å². The predicted molar refractivity (Wildman–Crippen MR) is 92.7 cm³/mol. The Bertz CT molecular complexity index is 517. The van der Waals surface area contributed by atoms with E-state index < -0.39 is 0 Å². The molecule has 1 aromatic rings. The minimum absolute atomic E-state index is 0.245. The lowest BCUT2D eigenvalue weighted by Crippen LogP contribution is -2.32. The summed E-state index contributed by atoms with van der Waals surface area (Å²) in [6, 6.07) is 2.17.